The number of rotatable bonds is 32. The average molecular weight is 850 g/mol. The van der Waals surface area contributed by atoms with Crippen LogP contribution in [0.4, 0.5) is 11.6 Å². The predicted molar refractivity (Wildman–Crippen MR) is 218 cm³/mol. The Balaban J connectivity index is 1.07. The third kappa shape index (κ3) is 20.5. The molecule has 0 fully saturated rings. The maximum Gasteiger partial charge on any atom is 0.327 e. The third-order valence-electron chi connectivity index (χ3n) is 8.01. The van der Waals surface area contributed by atoms with E-state index < -0.39 is 23.5 Å². The van der Waals surface area contributed by atoms with Gasteiger partial charge in [-0.05, 0) is 37.6 Å². The lowest BCUT2D eigenvalue weighted by atomic mass is 10.1. The summed E-state index contributed by atoms with van der Waals surface area (Å²) in [5.74, 6) is -1.97. The second-order valence-electron chi connectivity index (χ2n) is 12.7. The molecule has 2 aromatic heterocycles. The van der Waals surface area contributed by atoms with Crippen LogP contribution in [0.15, 0.2) is 35.3 Å². The van der Waals surface area contributed by atoms with Gasteiger partial charge in [-0.3, -0.25) is 24.2 Å². The normalized spacial score (nSPS) is 12.2. The monoisotopic (exact) mass is 849 g/mol. The number of nitrogens with two attached hydrogens (primary N) is 1. The minimum atomic E-state index is -1.13. The zero-order valence-corrected chi connectivity index (χ0v) is 34.0. The Kier molecular flexibility index (Phi) is 23.3. The maximum absolute atomic E-state index is 12.7. The molecular weight excluding hydrogens is 795 g/mol. The molecule has 1 aromatic carbocycles. The Morgan fingerprint density at radius 2 is 1.37 bits per heavy atom. The summed E-state index contributed by atoms with van der Waals surface area (Å²) in [6.45, 7) is 6.77. The molecule has 0 aliphatic heterocycles. The van der Waals surface area contributed by atoms with E-state index >= 15 is 0 Å². The molecule has 0 aliphatic rings. The van der Waals surface area contributed by atoms with Crippen molar-refractivity contribution >= 4 is 59.1 Å². The van der Waals surface area contributed by atoms with Crippen LogP contribution in [0.2, 0.25) is 0 Å². The van der Waals surface area contributed by atoms with Gasteiger partial charge in [0.15, 0.2) is 11.2 Å². The van der Waals surface area contributed by atoms with E-state index in [1.807, 2.05) is 6.92 Å². The van der Waals surface area contributed by atoms with Crippen molar-refractivity contribution in [3.63, 3.8) is 0 Å². The minimum absolute atomic E-state index is 0.00808. The number of H-pyrrole nitrogens is 1. The van der Waals surface area contributed by atoms with Crippen molar-refractivity contribution in [1.82, 2.24) is 35.9 Å². The third-order valence-corrected chi connectivity index (χ3v) is 8.37. The standard InChI is InChI=1S/C37H55N9O12S/c1-25(42-34(49)26-3-5-27(6-4-26)40-22-28-23-41-33-32(43-28)35(50)46-37(38)45-33)2-7-30(47)39-9-11-54-13-15-56-17-19-58-21-20-57-18-16-55-14-12-53-10-8-31(48)44-29(24-59)36(51)52/h3-6,23,25,29,40,59H,2,7-22,24H2,1H3,(H,39,47)(H,42,49)(H,44,48)(H,51,52)(H3,38,41,45,46,50)/t25-,29+/m1/s1. The molecule has 59 heavy (non-hydrogen) atoms. The quantitative estimate of drug-likeness (QED) is 0.0301. The Morgan fingerprint density at radius 1 is 0.797 bits per heavy atom. The first-order chi connectivity index (χ1) is 28.5. The van der Waals surface area contributed by atoms with Crippen molar-refractivity contribution in [3.05, 3.63) is 52.1 Å². The summed E-state index contributed by atoms with van der Waals surface area (Å²) in [6.07, 6.45) is 2.26. The maximum atomic E-state index is 12.7. The lowest BCUT2D eigenvalue weighted by molar-refractivity contribution is -0.141. The van der Waals surface area contributed by atoms with E-state index in [1.165, 1.54) is 6.20 Å². The number of carboxylic acids is 1. The molecule has 3 aromatic rings. The van der Waals surface area contributed by atoms with Crippen molar-refractivity contribution in [2.45, 2.75) is 44.8 Å². The number of carboxylic acid groups (broad SMARTS) is 1. The first-order valence-corrected chi connectivity index (χ1v) is 19.7. The number of anilines is 2. The van der Waals surface area contributed by atoms with Gasteiger partial charge in [-0.2, -0.15) is 17.6 Å². The van der Waals surface area contributed by atoms with E-state index in [9.17, 15) is 24.0 Å². The first-order valence-electron chi connectivity index (χ1n) is 19.1. The van der Waals surface area contributed by atoms with Crippen LogP contribution in [-0.2, 0) is 49.3 Å². The first kappa shape index (κ1) is 48.4. The van der Waals surface area contributed by atoms with Gasteiger partial charge in [-0.1, -0.05) is 0 Å². The molecule has 0 saturated carbocycles. The molecule has 3 amide bonds. The fourth-order valence-electron chi connectivity index (χ4n) is 4.88. The number of nitrogens with zero attached hydrogens (tertiary/aromatic N) is 3. The highest BCUT2D eigenvalue weighted by Crippen LogP contribution is 2.12. The van der Waals surface area contributed by atoms with E-state index in [4.69, 9.17) is 39.3 Å². The second-order valence-corrected chi connectivity index (χ2v) is 13.1. The van der Waals surface area contributed by atoms with E-state index in [0.717, 1.165) is 5.69 Å². The summed E-state index contributed by atoms with van der Waals surface area (Å²) in [4.78, 5) is 74.4. The number of amides is 3. The summed E-state index contributed by atoms with van der Waals surface area (Å²) >= 11 is 3.89. The topological polar surface area (TPSA) is 290 Å². The predicted octanol–water partition coefficient (Wildman–Crippen LogP) is -0.0890. The van der Waals surface area contributed by atoms with Gasteiger partial charge in [0.1, 0.15) is 6.04 Å². The molecule has 2 atom stereocenters. The van der Waals surface area contributed by atoms with Gasteiger partial charge in [0, 0.05) is 42.4 Å². The lowest BCUT2D eigenvalue weighted by Crippen LogP contribution is -2.42. The Bertz CT molecular complexity index is 1790. The minimum Gasteiger partial charge on any atom is -0.480 e. The number of nitrogens with one attached hydrogen (secondary N) is 5. The van der Waals surface area contributed by atoms with Crippen LogP contribution in [0.5, 0.6) is 0 Å². The number of benzene rings is 1. The van der Waals surface area contributed by atoms with Crippen LogP contribution in [0, 0.1) is 0 Å². The number of aromatic nitrogens is 4. The fourth-order valence-corrected chi connectivity index (χ4v) is 5.13. The molecular formula is C37H55N9O12S. The molecule has 2 heterocycles. The lowest BCUT2D eigenvalue weighted by Gasteiger charge is -2.14. The van der Waals surface area contributed by atoms with Gasteiger partial charge >= 0.3 is 5.97 Å². The van der Waals surface area contributed by atoms with E-state index in [-0.39, 0.29) is 60.2 Å². The van der Waals surface area contributed by atoms with Gasteiger partial charge in [0.2, 0.25) is 17.8 Å². The van der Waals surface area contributed by atoms with Crippen molar-refractivity contribution in [1.29, 1.82) is 0 Å². The van der Waals surface area contributed by atoms with Crippen LogP contribution in [0.3, 0.4) is 0 Å². The number of aliphatic carboxylic acids is 1. The highest BCUT2D eigenvalue weighted by Gasteiger charge is 2.17. The molecule has 0 spiro atoms. The SMILES string of the molecule is C[C@H](CCC(=O)NCCOCCOCCOCCOCCOCCOCCC(=O)N[C@@H](CS)C(=O)O)NC(=O)c1ccc(NCc2cnc3nc(N)[nH]c(=O)c3n2)cc1. The van der Waals surface area contributed by atoms with Crippen LogP contribution < -0.4 is 32.6 Å². The second kappa shape index (κ2) is 28.5. The highest BCUT2D eigenvalue weighted by atomic mass is 32.1. The fraction of sp³-hybridized carbons (Fsp3) is 0.568. The zero-order valence-electron chi connectivity index (χ0n) is 33.1. The molecule has 3 rings (SSSR count). The van der Waals surface area contributed by atoms with E-state index in [0.29, 0.717) is 103 Å². The van der Waals surface area contributed by atoms with Gasteiger partial charge < -0.3 is 60.5 Å². The average Bonchev–Trinajstić information content (AvgIpc) is 3.21. The molecule has 22 heteroatoms. The number of carbonyl (C=O) groups excluding carboxylic acids is 3. The number of fused-ring (bicyclic) bond motifs is 1. The van der Waals surface area contributed by atoms with Crippen LogP contribution in [-0.4, -0.2) is 152 Å². The van der Waals surface area contributed by atoms with Crippen LogP contribution in [0.1, 0.15) is 42.2 Å². The Morgan fingerprint density at radius 3 is 1.95 bits per heavy atom. The molecule has 0 aliphatic carbocycles. The molecule has 0 unspecified atom stereocenters. The Labute approximate surface area is 346 Å². The number of thiol groups is 1. The molecule has 8 N–H and O–H groups in total. The number of hydrogen-bond donors (Lipinski definition) is 8. The van der Waals surface area contributed by atoms with Crippen molar-refractivity contribution < 1.29 is 52.7 Å². The smallest absolute Gasteiger partial charge is 0.327 e. The van der Waals surface area contributed by atoms with Crippen LogP contribution in [0.25, 0.3) is 11.2 Å². The zero-order chi connectivity index (χ0) is 42.7. The summed E-state index contributed by atoms with van der Waals surface area (Å²) in [7, 11) is 0. The van der Waals surface area contributed by atoms with E-state index in [2.05, 4.69) is 53.8 Å². The number of ether oxygens (including phenoxy) is 6. The van der Waals surface area contributed by atoms with Gasteiger partial charge in [-0.15, -0.1) is 0 Å². The molecule has 0 bridgehead atoms. The van der Waals surface area contributed by atoms with Crippen molar-refractivity contribution in [2.24, 2.45) is 0 Å². The Hall–Kier alpha value is -4.97. The van der Waals surface area contributed by atoms with Gasteiger partial charge in [-0.25, -0.2) is 14.8 Å². The summed E-state index contributed by atoms with van der Waals surface area (Å²) < 4.78 is 32.5. The summed E-state index contributed by atoms with van der Waals surface area (Å²) in [5.41, 5.74) is 7.06. The largest absolute Gasteiger partial charge is 0.480 e. The van der Waals surface area contributed by atoms with Crippen molar-refractivity contribution in [2.75, 3.05) is 103 Å². The highest BCUT2D eigenvalue weighted by molar-refractivity contribution is 7.80. The number of nitrogen functional groups attached to an aromatic ring is 1. The molecule has 21 nitrogen and oxygen atoms in total. The van der Waals surface area contributed by atoms with Crippen LogP contribution >= 0.6 is 12.6 Å². The number of hydrogen-bond acceptors (Lipinski definition) is 17. The molecule has 0 radical (unpaired) electrons. The molecule has 326 valence electrons. The summed E-state index contributed by atoms with van der Waals surface area (Å²) in [6, 6.07) is 5.63. The molecule has 0 saturated heterocycles. The van der Waals surface area contributed by atoms with Gasteiger partial charge in [0.05, 0.1) is 97.7 Å². The van der Waals surface area contributed by atoms with E-state index in [1.54, 1.807) is 24.3 Å². The van der Waals surface area contributed by atoms with Gasteiger partial charge in [0.25, 0.3) is 11.5 Å². The van der Waals surface area contributed by atoms with Crippen molar-refractivity contribution in [3.8, 4) is 0 Å². The number of carbonyl (C=O) groups is 4. The summed E-state index contributed by atoms with van der Waals surface area (Å²) in [5, 5.41) is 20.1. The number of aromatic amines is 1.